The summed E-state index contributed by atoms with van der Waals surface area (Å²) in [5.74, 6) is -1.28. The van der Waals surface area contributed by atoms with Gasteiger partial charge in [0, 0.05) is 25.7 Å². The van der Waals surface area contributed by atoms with Crippen molar-refractivity contribution in [1.29, 1.82) is 0 Å². The standard InChI is InChI=1S/C18H20FN3O5S/c19-15-10-13(4-7-18(15)23)12-20-16-6-5-14(11-17(16)22(24)25)28(26,27)21-8-2-1-3-9-21/h4-7,10-11,20,23H,1-3,8-9,12H2. The highest BCUT2D eigenvalue weighted by Gasteiger charge is 2.28. The Balaban J connectivity index is 1.84. The third-order valence-electron chi connectivity index (χ3n) is 4.61. The first-order valence-corrected chi connectivity index (χ1v) is 10.2. The number of phenolic OH excluding ortho intramolecular Hbond substituents is 1. The van der Waals surface area contributed by atoms with Gasteiger partial charge in [-0.2, -0.15) is 4.31 Å². The maximum atomic E-state index is 13.4. The molecule has 10 heteroatoms. The van der Waals surface area contributed by atoms with Crippen LogP contribution in [0.15, 0.2) is 41.3 Å². The van der Waals surface area contributed by atoms with E-state index in [1.54, 1.807) is 0 Å². The third kappa shape index (κ3) is 4.23. The van der Waals surface area contributed by atoms with E-state index >= 15 is 0 Å². The highest BCUT2D eigenvalue weighted by Crippen LogP contribution is 2.30. The molecule has 0 bridgehead atoms. The molecule has 8 nitrogen and oxygen atoms in total. The Morgan fingerprint density at radius 1 is 1.14 bits per heavy atom. The number of nitro benzene ring substituents is 1. The second kappa shape index (κ2) is 8.11. The molecule has 1 saturated heterocycles. The SMILES string of the molecule is O=[N+]([O-])c1cc(S(=O)(=O)N2CCCCC2)ccc1NCc1ccc(O)c(F)c1. The summed E-state index contributed by atoms with van der Waals surface area (Å²) in [5, 5.41) is 23.5. The minimum absolute atomic E-state index is 0.0657. The molecular formula is C18H20FN3O5S. The Kier molecular flexibility index (Phi) is 5.80. The number of phenols is 1. The lowest BCUT2D eigenvalue weighted by Crippen LogP contribution is -2.35. The van der Waals surface area contributed by atoms with Gasteiger partial charge in [-0.15, -0.1) is 0 Å². The van der Waals surface area contributed by atoms with E-state index in [2.05, 4.69) is 5.32 Å². The fourth-order valence-corrected chi connectivity index (χ4v) is 4.62. The average Bonchev–Trinajstić information content (AvgIpc) is 2.69. The first-order chi connectivity index (χ1) is 13.3. The van der Waals surface area contributed by atoms with Crippen molar-refractivity contribution in [3.05, 3.63) is 57.9 Å². The van der Waals surface area contributed by atoms with Gasteiger partial charge in [-0.05, 0) is 42.7 Å². The molecule has 2 aromatic carbocycles. The number of piperidine rings is 1. The Labute approximate surface area is 161 Å². The Hall–Kier alpha value is -2.72. The van der Waals surface area contributed by atoms with Gasteiger partial charge in [-0.1, -0.05) is 12.5 Å². The number of benzene rings is 2. The van der Waals surface area contributed by atoms with Crippen LogP contribution in [0.3, 0.4) is 0 Å². The molecule has 0 radical (unpaired) electrons. The van der Waals surface area contributed by atoms with Crippen molar-refractivity contribution in [3.63, 3.8) is 0 Å². The number of anilines is 1. The molecule has 0 unspecified atom stereocenters. The maximum Gasteiger partial charge on any atom is 0.293 e. The predicted octanol–water partition coefficient (Wildman–Crippen LogP) is 3.23. The summed E-state index contributed by atoms with van der Waals surface area (Å²) >= 11 is 0. The molecule has 0 amide bonds. The van der Waals surface area contributed by atoms with Crippen LogP contribution < -0.4 is 5.32 Å². The number of rotatable bonds is 6. The number of hydrogen-bond acceptors (Lipinski definition) is 6. The quantitative estimate of drug-likeness (QED) is 0.559. The van der Waals surface area contributed by atoms with Gasteiger partial charge in [0.2, 0.25) is 10.0 Å². The van der Waals surface area contributed by atoms with Crippen molar-refractivity contribution >= 4 is 21.4 Å². The molecule has 28 heavy (non-hydrogen) atoms. The summed E-state index contributed by atoms with van der Waals surface area (Å²) in [6.07, 6.45) is 2.50. The van der Waals surface area contributed by atoms with E-state index in [4.69, 9.17) is 0 Å². The molecule has 0 spiro atoms. The average molecular weight is 409 g/mol. The second-order valence-corrected chi connectivity index (χ2v) is 8.48. The van der Waals surface area contributed by atoms with Crippen LogP contribution in [0.2, 0.25) is 0 Å². The zero-order chi connectivity index (χ0) is 20.3. The molecule has 150 valence electrons. The monoisotopic (exact) mass is 409 g/mol. The lowest BCUT2D eigenvalue weighted by molar-refractivity contribution is -0.384. The first kappa shape index (κ1) is 20.0. The van der Waals surface area contributed by atoms with Crippen LogP contribution in [-0.4, -0.2) is 35.8 Å². The van der Waals surface area contributed by atoms with Gasteiger partial charge < -0.3 is 10.4 Å². The summed E-state index contributed by atoms with van der Waals surface area (Å²) < 4.78 is 40.2. The van der Waals surface area contributed by atoms with E-state index in [0.717, 1.165) is 31.4 Å². The third-order valence-corrected chi connectivity index (χ3v) is 6.51. The van der Waals surface area contributed by atoms with Gasteiger partial charge in [-0.3, -0.25) is 10.1 Å². The molecule has 2 N–H and O–H groups in total. The predicted molar refractivity (Wildman–Crippen MR) is 101 cm³/mol. The molecule has 0 saturated carbocycles. The molecule has 2 aromatic rings. The van der Waals surface area contributed by atoms with Gasteiger partial charge in [-0.25, -0.2) is 12.8 Å². The van der Waals surface area contributed by atoms with Gasteiger partial charge in [0.05, 0.1) is 9.82 Å². The molecule has 1 heterocycles. The summed E-state index contributed by atoms with van der Waals surface area (Å²) in [7, 11) is -3.79. The van der Waals surface area contributed by atoms with Crippen LogP contribution in [-0.2, 0) is 16.6 Å². The minimum atomic E-state index is -3.79. The molecule has 1 fully saturated rings. The van der Waals surface area contributed by atoms with Crippen molar-refractivity contribution < 1.29 is 22.8 Å². The van der Waals surface area contributed by atoms with Crippen LogP contribution in [0.1, 0.15) is 24.8 Å². The van der Waals surface area contributed by atoms with Gasteiger partial charge in [0.15, 0.2) is 11.6 Å². The molecule has 1 aliphatic rings. The Bertz CT molecular complexity index is 991. The fourth-order valence-electron chi connectivity index (χ4n) is 3.08. The number of nitrogens with zero attached hydrogens (tertiary/aromatic N) is 2. The number of nitro groups is 1. The highest BCUT2D eigenvalue weighted by molar-refractivity contribution is 7.89. The Morgan fingerprint density at radius 3 is 2.50 bits per heavy atom. The fraction of sp³-hybridized carbons (Fsp3) is 0.333. The van der Waals surface area contributed by atoms with Crippen molar-refractivity contribution in [2.45, 2.75) is 30.7 Å². The van der Waals surface area contributed by atoms with Gasteiger partial charge >= 0.3 is 0 Å². The van der Waals surface area contributed by atoms with E-state index in [-0.39, 0.29) is 22.8 Å². The van der Waals surface area contributed by atoms with Crippen molar-refractivity contribution in [2.24, 2.45) is 0 Å². The van der Waals surface area contributed by atoms with Gasteiger partial charge in [0.25, 0.3) is 5.69 Å². The van der Waals surface area contributed by atoms with Gasteiger partial charge in [0.1, 0.15) is 5.69 Å². The van der Waals surface area contributed by atoms with Crippen LogP contribution in [0.4, 0.5) is 15.8 Å². The zero-order valence-corrected chi connectivity index (χ0v) is 15.8. The van der Waals surface area contributed by atoms with E-state index in [1.165, 1.54) is 28.6 Å². The largest absolute Gasteiger partial charge is 0.505 e. The number of aromatic hydroxyl groups is 1. The zero-order valence-electron chi connectivity index (χ0n) is 15.0. The summed E-state index contributed by atoms with van der Waals surface area (Å²) in [5.41, 5.74) is 0.211. The molecular weight excluding hydrogens is 389 g/mol. The topological polar surface area (TPSA) is 113 Å². The maximum absolute atomic E-state index is 13.4. The minimum Gasteiger partial charge on any atom is -0.505 e. The van der Waals surface area contributed by atoms with Crippen molar-refractivity contribution in [1.82, 2.24) is 4.31 Å². The van der Waals surface area contributed by atoms with E-state index < -0.39 is 26.5 Å². The number of sulfonamides is 1. The van der Waals surface area contributed by atoms with Crippen molar-refractivity contribution in [3.8, 4) is 5.75 Å². The van der Waals surface area contributed by atoms with E-state index in [1.807, 2.05) is 0 Å². The normalized spacial score (nSPS) is 15.3. The highest BCUT2D eigenvalue weighted by atomic mass is 32.2. The lowest BCUT2D eigenvalue weighted by Gasteiger charge is -2.25. The number of nitrogens with one attached hydrogen (secondary N) is 1. The molecule has 0 atom stereocenters. The van der Waals surface area contributed by atoms with Crippen LogP contribution in [0, 0.1) is 15.9 Å². The lowest BCUT2D eigenvalue weighted by atomic mass is 10.2. The number of hydrogen-bond donors (Lipinski definition) is 2. The number of halogens is 1. The molecule has 0 aliphatic carbocycles. The first-order valence-electron chi connectivity index (χ1n) is 8.79. The van der Waals surface area contributed by atoms with E-state index in [9.17, 15) is 28.0 Å². The summed E-state index contributed by atoms with van der Waals surface area (Å²) in [6.45, 7) is 0.876. The summed E-state index contributed by atoms with van der Waals surface area (Å²) in [6, 6.07) is 7.50. The van der Waals surface area contributed by atoms with Crippen molar-refractivity contribution in [2.75, 3.05) is 18.4 Å². The van der Waals surface area contributed by atoms with Crippen LogP contribution in [0.5, 0.6) is 5.75 Å². The summed E-state index contributed by atoms with van der Waals surface area (Å²) in [4.78, 5) is 10.7. The smallest absolute Gasteiger partial charge is 0.293 e. The van der Waals surface area contributed by atoms with Crippen LogP contribution >= 0.6 is 0 Å². The second-order valence-electron chi connectivity index (χ2n) is 6.54. The Morgan fingerprint density at radius 2 is 1.86 bits per heavy atom. The molecule has 0 aromatic heterocycles. The van der Waals surface area contributed by atoms with Crippen LogP contribution in [0.25, 0.3) is 0 Å². The van der Waals surface area contributed by atoms with E-state index in [0.29, 0.717) is 18.7 Å². The molecule has 1 aliphatic heterocycles. The molecule has 3 rings (SSSR count).